The number of halogens is 3. The van der Waals surface area contributed by atoms with Crippen LogP contribution in [0.4, 0.5) is 13.2 Å². The van der Waals surface area contributed by atoms with Crippen LogP contribution in [0.15, 0.2) is 29.3 Å². The molecular weight excluding hydrogens is 409 g/mol. The Morgan fingerprint density at radius 1 is 1.16 bits per heavy atom. The van der Waals surface area contributed by atoms with Gasteiger partial charge in [-0.3, -0.25) is 0 Å². The second kappa shape index (κ2) is 10.0. The van der Waals surface area contributed by atoms with E-state index in [2.05, 4.69) is 25.8 Å². The molecule has 1 fully saturated rings. The molecule has 0 atom stereocenters. The minimum Gasteiger partial charge on any atom is -0.497 e. The molecular formula is C21H29F3N6O. The molecule has 1 aromatic carbocycles. The Balaban J connectivity index is 1.65. The highest BCUT2D eigenvalue weighted by Gasteiger charge is 2.41. The van der Waals surface area contributed by atoms with Crippen molar-refractivity contribution in [3.63, 3.8) is 0 Å². The van der Waals surface area contributed by atoms with Crippen molar-refractivity contribution in [3.05, 3.63) is 41.5 Å². The average molecular weight is 438 g/mol. The Kier molecular flexibility index (Phi) is 7.40. The molecule has 10 heteroatoms. The quantitative estimate of drug-likeness (QED) is 0.533. The largest absolute Gasteiger partial charge is 0.497 e. The molecule has 1 aliphatic rings. The van der Waals surface area contributed by atoms with E-state index in [1.54, 1.807) is 7.11 Å². The van der Waals surface area contributed by atoms with Crippen LogP contribution in [0, 0.1) is 12.8 Å². The van der Waals surface area contributed by atoms with Gasteiger partial charge in [-0.2, -0.15) is 13.2 Å². The summed E-state index contributed by atoms with van der Waals surface area (Å²) >= 11 is 0. The van der Waals surface area contributed by atoms with E-state index in [9.17, 15) is 13.2 Å². The number of nitrogens with zero attached hydrogens (tertiary/aromatic N) is 4. The lowest BCUT2D eigenvalue weighted by atomic mass is 9.85. The molecule has 1 aromatic heterocycles. The maximum atomic E-state index is 13.0. The standard InChI is InChI=1S/C21H29F3N6O/c1-14-28-29-19(30(14)2)13-26-20(25-12-15-4-10-18(31-3)11-5-15)27-17-8-6-16(7-9-17)21(22,23)24/h4-5,10-11,16-17H,6-9,12-13H2,1-3H3,(H2,25,26,27). The van der Waals surface area contributed by atoms with Gasteiger partial charge in [0.15, 0.2) is 11.8 Å². The van der Waals surface area contributed by atoms with Crippen LogP contribution in [0.1, 0.15) is 42.9 Å². The van der Waals surface area contributed by atoms with Crippen molar-refractivity contribution in [2.24, 2.45) is 18.0 Å². The molecule has 0 amide bonds. The van der Waals surface area contributed by atoms with Gasteiger partial charge in [-0.15, -0.1) is 10.2 Å². The average Bonchev–Trinajstić information content (AvgIpc) is 3.08. The predicted octanol–water partition coefficient (Wildman–Crippen LogP) is 3.49. The molecule has 1 saturated carbocycles. The SMILES string of the molecule is COc1ccc(CN=C(NCc2nnc(C)n2C)NC2CCC(C(F)(F)F)CC2)cc1. The second-order valence-electron chi connectivity index (χ2n) is 7.82. The van der Waals surface area contributed by atoms with Gasteiger partial charge in [-0.05, 0) is 50.3 Å². The number of guanidine groups is 1. The molecule has 7 nitrogen and oxygen atoms in total. The summed E-state index contributed by atoms with van der Waals surface area (Å²) in [6.07, 6.45) is -2.94. The number of ether oxygens (including phenoxy) is 1. The third kappa shape index (κ3) is 6.35. The second-order valence-corrected chi connectivity index (χ2v) is 7.82. The molecule has 170 valence electrons. The predicted molar refractivity (Wildman–Crippen MR) is 112 cm³/mol. The van der Waals surface area contributed by atoms with Gasteiger partial charge in [-0.25, -0.2) is 4.99 Å². The van der Waals surface area contributed by atoms with Crippen molar-refractivity contribution in [1.29, 1.82) is 0 Å². The van der Waals surface area contributed by atoms with Crippen LogP contribution in [0.5, 0.6) is 5.75 Å². The summed E-state index contributed by atoms with van der Waals surface area (Å²) in [6.45, 7) is 2.70. The van der Waals surface area contributed by atoms with Crippen LogP contribution in [-0.2, 0) is 20.1 Å². The van der Waals surface area contributed by atoms with Crippen LogP contribution in [-0.4, -0.2) is 40.1 Å². The van der Waals surface area contributed by atoms with E-state index in [-0.39, 0.29) is 18.9 Å². The molecule has 0 spiro atoms. The lowest BCUT2D eigenvalue weighted by molar-refractivity contribution is -0.182. The van der Waals surface area contributed by atoms with Crippen LogP contribution in [0.2, 0.25) is 0 Å². The van der Waals surface area contributed by atoms with E-state index in [0.717, 1.165) is 23.0 Å². The van der Waals surface area contributed by atoms with Gasteiger partial charge in [0.25, 0.3) is 0 Å². The molecule has 0 bridgehead atoms. The highest BCUT2D eigenvalue weighted by Crippen LogP contribution is 2.37. The first-order valence-corrected chi connectivity index (χ1v) is 10.4. The molecule has 0 aliphatic heterocycles. The highest BCUT2D eigenvalue weighted by atomic mass is 19.4. The number of aliphatic imine (C=N–C) groups is 1. The van der Waals surface area contributed by atoms with Gasteiger partial charge in [0.05, 0.1) is 26.1 Å². The van der Waals surface area contributed by atoms with E-state index < -0.39 is 12.1 Å². The van der Waals surface area contributed by atoms with E-state index in [0.29, 0.717) is 31.9 Å². The maximum Gasteiger partial charge on any atom is 0.391 e. The first kappa shape index (κ1) is 22.9. The van der Waals surface area contributed by atoms with Gasteiger partial charge < -0.3 is 19.9 Å². The van der Waals surface area contributed by atoms with Gasteiger partial charge in [0.2, 0.25) is 0 Å². The lowest BCUT2D eigenvalue weighted by Gasteiger charge is -2.31. The van der Waals surface area contributed by atoms with Crippen molar-refractivity contribution < 1.29 is 17.9 Å². The third-order valence-corrected chi connectivity index (χ3v) is 5.71. The van der Waals surface area contributed by atoms with Crippen molar-refractivity contribution in [3.8, 4) is 5.75 Å². The van der Waals surface area contributed by atoms with Crippen molar-refractivity contribution in [2.45, 2.75) is 57.9 Å². The molecule has 0 radical (unpaired) electrons. The summed E-state index contributed by atoms with van der Waals surface area (Å²) in [4.78, 5) is 4.64. The number of alkyl halides is 3. The smallest absolute Gasteiger partial charge is 0.391 e. The van der Waals surface area contributed by atoms with E-state index >= 15 is 0 Å². The Labute approximate surface area is 180 Å². The molecule has 2 aromatic rings. The van der Waals surface area contributed by atoms with Gasteiger partial charge in [0, 0.05) is 13.1 Å². The first-order chi connectivity index (χ1) is 14.8. The number of hydrogen-bond acceptors (Lipinski definition) is 4. The summed E-state index contributed by atoms with van der Waals surface area (Å²) in [6, 6.07) is 7.54. The maximum absolute atomic E-state index is 13.0. The van der Waals surface area contributed by atoms with Gasteiger partial charge >= 0.3 is 6.18 Å². The zero-order valence-corrected chi connectivity index (χ0v) is 18.0. The first-order valence-electron chi connectivity index (χ1n) is 10.4. The fourth-order valence-corrected chi connectivity index (χ4v) is 3.58. The van der Waals surface area contributed by atoms with Gasteiger partial charge in [0.1, 0.15) is 11.6 Å². The Morgan fingerprint density at radius 2 is 1.84 bits per heavy atom. The molecule has 0 unspecified atom stereocenters. The minimum absolute atomic E-state index is 0.0538. The molecule has 1 aliphatic carbocycles. The number of nitrogens with one attached hydrogen (secondary N) is 2. The van der Waals surface area contributed by atoms with E-state index in [1.165, 1.54) is 0 Å². The highest BCUT2D eigenvalue weighted by molar-refractivity contribution is 5.80. The van der Waals surface area contributed by atoms with Crippen molar-refractivity contribution in [1.82, 2.24) is 25.4 Å². The van der Waals surface area contributed by atoms with Crippen LogP contribution in [0.25, 0.3) is 0 Å². The van der Waals surface area contributed by atoms with Gasteiger partial charge in [-0.1, -0.05) is 12.1 Å². The zero-order chi connectivity index (χ0) is 22.4. The fourth-order valence-electron chi connectivity index (χ4n) is 3.58. The summed E-state index contributed by atoms with van der Waals surface area (Å²) in [7, 11) is 3.49. The summed E-state index contributed by atoms with van der Waals surface area (Å²) in [5.74, 6) is 1.65. The third-order valence-electron chi connectivity index (χ3n) is 5.71. The van der Waals surface area contributed by atoms with Crippen molar-refractivity contribution in [2.75, 3.05) is 7.11 Å². The normalized spacial score (nSPS) is 19.9. The summed E-state index contributed by atoms with van der Waals surface area (Å²) in [5.41, 5.74) is 0.997. The zero-order valence-electron chi connectivity index (χ0n) is 18.0. The van der Waals surface area contributed by atoms with E-state index in [4.69, 9.17) is 4.74 Å². The number of aromatic nitrogens is 3. The molecule has 1 heterocycles. The molecule has 31 heavy (non-hydrogen) atoms. The minimum atomic E-state index is -4.11. The fraction of sp³-hybridized carbons (Fsp3) is 0.571. The number of benzene rings is 1. The van der Waals surface area contributed by atoms with Crippen LogP contribution >= 0.6 is 0 Å². The Hall–Kier alpha value is -2.78. The van der Waals surface area contributed by atoms with Crippen molar-refractivity contribution >= 4 is 5.96 Å². The number of rotatable bonds is 6. The number of aryl methyl sites for hydroxylation is 1. The number of methoxy groups -OCH3 is 1. The molecule has 3 rings (SSSR count). The number of hydrogen-bond donors (Lipinski definition) is 2. The van der Waals surface area contributed by atoms with E-state index in [1.807, 2.05) is 42.8 Å². The summed E-state index contributed by atoms with van der Waals surface area (Å²) < 4.78 is 45.9. The Bertz CT molecular complexity index is 870. The topological polar surface area (TPSA) is 76.4 Å². The lowest BCUT2D eigenvalue weighted by Crippen LogP contribution is -2.45. The van der Waals surface area contributed by atoms with Crippen LogP contribution < -0.4 is 15.4 Å². The monoisotopic (exact) mass is 438 g/mol. The Morgan fingerprint density at radius 3 is 2.39 bits per heavy atom. The summed E-state index contributed by atoms with van der Waals surface area (Å²) in [5, 5.41) is 14.7. The molecule has 0 saturated heterocycles. The molecule has 2 N–H and O–H groups in total. The van der Waals surface area contributed by atoms with Crippen LogP contribution in [0.3, 0.4) is 0 Å².